The first-order chi connectivity index (χ1) is 12.0. The zero-order chi connectivity index (χ0) is 18.0. The molecule has 1 aromatic heterocycles. The summed E-state index contributed by atoms with van der Waals surface area (Å²) in [6, 6.07) is 10.7. The molecule has 1 aromatic carbocycles. The second-order valence-corrected chi connectivity index (χ2v) is 6.94. The summed E-state index contributed by atoms with van der Waals surface area (Å²) in [7, 11) is 1.30. The Hall–Kier alpha value is -2.37. The molecule has 2 aromatic rings. The number of benzene rings is 1. The van der Waals surface area contributed by atoms with Crippen molar-refractivity contribution >= 4 is 34.9 Å². The van der Waals surface area contributed by atoms with Gasteiger partial charge >= 0.3 is 11.9 Å². The third-order valence-electron chi connectivity index (χ3n) is 4.08. The van der Waals surface area contributed by atoms with Gasteiger partial charge in [0.1, 0.15) is 0 Å². The van der Waals surface area contributed by atoms with E-state index in [0.29, 0.717) is 10.6 Å². The number of hydrogen-bond donors (Lipinski definition) is 0. The maximum absolute atomic E-state index is 12.2. The van der Waals surface area contributed by atoms with Crippen molar-refractivity contribution in [1.82, 2.24) is 0 Å². The zero-order valence-corrected chi connectivity index (χ0v) is 15.0. The van der Waals surface area contributed by atoms with E-state index in [1.54, 1.807) is 30.3 Å². The third kappa shape index (κ3) is 3.13. The van der Waals surface area contributed by atoms with Crippen molar-refractivity contribution in [3.05, 3.63) is 81.5 Å². The minimum Gasteiger partial charge on any atom is -0.466 e. The Morgan fingerprint density at radius 3 is 2.56 bits per heavy atom. The molecule has 0 bridgehead atoms. The summed E-state index contributed by atoms with van der Waals surface area (Å²) < 4.78 is 10.6. The van der Waals surface area contributed by atoms with Gasteiger partial charge in [-0.3, -0.25) is 0 Å². The number of esters is 2. The molecule has 3 rings (SSSR count). The van der Waals surface area contributed by atoms with Gasteiger partial charge in [-0.05, 0) is 29.7 Å². The lowest BCUT2D eigenvalue weighted by atomic mass is 9.76. The maximum Gasteiger partial charge on any atom is 0.333 e. The van der Waals surface area contributed by atoms with Gasteiger partial charge in [0, 0.05) is 27.1 Å². The molecule has 1 aliphatic heterocycles. The molecule has 4 nitrogen and oxygen atoms in total. The predicted molar refractivity (Wildman–Crippen MR) is 96.6 cm³/mol. The van der Waals surface area contributed by atoms with Crippen LogP contribution in [0.1, 0.15) is 16.4 Å². The molecule has 0 saturated carbocycles. The van der Waals surface area contributed by atoms with E-state index in [1.165, 1.54) is 24.5 Å². The van der Waals surface area contributed by atoms with E-state index in [4.69, 9.17) is 21.1 Å². The zero-order valence-electron chi connectivity index (χ0n) is 13.4. The van der Waals surface area contributed by atoms with E-state index in [1.807, 2.05) is 17.5 Å². The molecule has 2 atom stereocenters. The Morgan fingerprint density at radius 1 is 1.32 bits per heavy atom. The van der Waals surface area contributed by atoms with Gasteiger partial charge < -0.3 is 9.47 Å². The van der Waals surface area contributed by atoms with Crippen molar-refractivity contribution in [2.24, 2.45) is 0 Å². The number of rotatable bonds is 5. The highest BCUT2D eigenvalue weighted by atomic mass is 35.5. The van der Waals surface area contributed by atoms with E-state index >= 15 is 0 Å². The second-order valence-electron chi connectivity index (χ2n) is 5.52. The molecule has 0 N–H and O–H groups in total. The summed E-state index contributed by atoms with van der Waals surface area (Å²) in [6.45, 7) is 3.92. The number of halogens is 1. The van der Waals surface area contributed by atoms with Gasteiger partial charge in [0.05, 0.1) is 13.0 Å². The van der Waals surface area contributed by atoms with E-state index in [9.17, 15) is 9.59 Å². The fraction of sp³-hybridized carbons (Fsp3) is 0.158. The molecule has 25 heavy (non-hydrogen) atoms. The van der Waals surface area contributed by atoms with Crippen LogP contribution in [-0.4, -0.2) is 19.0 Å². The number of hydrogen-bond acceptors (Lipinski definition) is 5. The van der Waals surface area contributed by atoms with Crippen molar-refractivity contribution in [3.63, 3.8) is 0 Å². The molecule has 128 valence electrons. The summed E-state index contributed by atoms with van der Waals surface area (Å²) in [4.78, 5) is 25.0. The second kappa shape index (κ2) is 6.86. The minimum atomic E-state index is -1.18. The first kappa shape index (κ1) is 17.5. The van der Waals surface area contributed by atoms with Crippen LogP contribution >= 0.6 is 22.9 Å². The molecular weight excluding hydrogens is 360 g/mol. The molecule has 0 aliphatic carbocycles. The number of carbonyl (C=O) groups excluding carboxylic acids is 2. The van der Waals surface area contributed by atoms with Crippen LogP contribution in [0, 0.1) is 0 Å². The highest BCUT2D eigenvalue weighted by Crippen LogP contribution is 2.49. The van der Waals surface area contributed by atoms with Gasteiger partial charge in [-0.25, -0.2) is 9.59 Å². The van der Waals surface area contributed by atoms with Gasteiger partial charge in [-0.1, -0.05) is 36.4 Å². The van der Waals surface area contributed by atoms with Gasteiger partial charge in [-0.2, -0.15) is 0 Å². The minimum absolute atomic E-state index is 0.208. The summed E-state index contributed by atoms with van der Waals surface area (Å²) in [6.07, 6.45) is 3.02. The normalized spacial score (nSPS) is 20.2. The van der Waals surface area contributed by atoms with Gasteiger partial charge in [-0.15, -0.1) is 11.3 Å². The molecule has 0 amide bonds. The van der Waals surface area contributed by atoms with Crippen LogP contribution in [0.4, 0.5) is 0 Å². The highest BCUT2D eigenvalue weighted by molar-refractivity contribution is 7.10. The summed E-state index contributed by atoms with van der Waals surface area (Å²) >= 11 is 7.44. The molecule has 0 radical (unpaired) electrons. The largest absolute Gasteiger partial charge is 0.466 e. The summed E-state index contributed by atoms with van der Waals surface area (Å²) in [5.41, 5.74) is -0.278. The average Bonchev–Trinajstić information content (AvgIpc) is 3.26. The molecule has 2 heterocycles. The van der Waals surface area contributed by atoms with Crippen LogP contribution in [-0.2, 0) is 24.7 Å². The fourth-order valence-electron chi connectivity index (χ4n) is 2.96. The maximum atomic E-state index is 12.2. The Morgan fingerprint density at radius 2 is 2.04 bits per heavy atom. The molecule has 0 saturated heterocycles. The molecule has 6 heteroatoms. The Kier molecular flexibility index (Phi) is 4.79. The molecule has 1 aliphatic rings. The fourth-order valence-corrected chi connectivity index (χ4v) is 4.01. The lowest BCUT2D eigenvalue weighted by Gasteiger charge is -2.35. The summed E-state index contributed by atoms with van der Waals surface area (Å²) in [5, 5.41) is 2.45. The van der Waals surface area contributed by atoms with Crippen molar-refractivity contribution in [3.8, 4) is 0 Å². The average molecular weight is 375 g/mol. The van der Waals surface area contributed by atoms with E-state index in [-0.39, 0.29) is 5.57 Å². The van der Waals surface area contributed by atoms with E-state index in [2.05, 4.69) is 6.58 Å². The van der Waals surface area contributed by atoms with Crippen LogP contribution in [0.25, 0.3) is 0 Å². The van der Waals surface area contributed by atoms with Crippen molar-refractivity contribution in [2.75, 3.05) is 7.11 Å². The lowest BCUT2D eigenvalue weighted by Crippen LogP contribution is -2.36. The molecule has 0 fully saturated rings. The SMILES string of the molecule is C=C(C(=O)OC)[C@@H](c1cccs1)[C@]1(c2ccc(Cl)cc2)C=CC(=O)O1. The van der Waals surface area contributed by atoms with Gasteiger partial charge in [0.2, 0.25) is 0 Å². The quantitative estimate of drug-likeness (QED) is 0.580. The van der Waals surface area contributed by atoms with Crippen molar-refractivity contribution in [1.29, 1.82) is 0 Å². The standard InChI is InChI=1S/C19H15ClO4S/c1-12(18(22)23-2)17(15-4-3-11-25-15)19(10-9-16(21)24-19)13-5-7-14(20)8-6-13/h3-11,17H,1H2,2H3/t17-,19+/m0/s1. The number of thiophene rings is 1. The topological polar surface area (TPSA) is 52.6 Å². The Balaban J connectivity index is 2.19. The molecule has 0 spiro atoms. The number of carbonyl (C=O) groups is 2. The first-order valence-electron chi connectivity index (χ1n) is 7.46. The van der Waals surface area contributed by atoms with Gasteiger partial charge in [0.15, 0.2) is 5.60 Å². The smallest absolute Gasteiger partial charge is 0.333 e. The third-order valence-corrected chi connectivity index (χ3v) is 5.27. The number of methoxy groups -OCH3 is 1. The van der Waals surface area contributed by atoms with Crippen LogP contribution in [0.2, 0.25) is 5.02 Å². The highest BCUT2D eigenvalue weighted by Gasteiger charge is 2.49. The first-order valence-corrected chi connectivity index (χ1v) is 8.72. The summed E-state index contributed by atoms with van der Waals surface area (Å²) in [5.74, 6) is -1.64. The Bertz CT molecular complexity index is 839. The van der Waals surface area contributed by atoms with Crippen LogP contribution in [0.3, 0.4) is 0 Å². The monoisotopic (exact) mass is 374 g/mol. The lowest BCUT2D eigenvalue weighted by molar-refractivity contribution is -0.149. The Labute approximate surface area is 154 Å². The molecular formula is C19H15ClO4S. The van der Waals surface area contributed by atoms with E-state index in [0.717, 1.165) is 4.88 Å². The van der Waals surface area contributed by atoms with Crippen molar-refractivity contribution < 1.29 is 19.1 Å². The number of cyclic esters (lactones) is 1. The predicted octanol–water partition coefficient (Wildman–Crippen LogP) is 4.22. The number of ether oxygens (including phenoxy) is 2. The van der Waals surface area contributed by atoms with Crippen LogP contribution in [0.15, 0.2) is 66.1 Å². The van der Waals surface area contributed by atoms with Crippen LogP contribution < -0.4 is 0 Å². The van der Waals surface area contributed by atoms with E-state index < -0.39 is 23.5 Å². The molecule has 0 unspecified atom stereocenters. The van der Waals surface area contributed by atoms with Gasteiger partial charge in [0.25, 0.3) is 0 Å². The van der Waals surface area contributed by atoms with Crippen LogP contribution in [0.5, 0.6) is 0 Å². The van der Waals surface area contributed by atoms with Crippen molar-refractivity contribution in [2.45, 2.75) is 11.5 Å².